The maximum absolute atomic E-state index is 12.5. The molecule has 6 nitrogen and oxygen atoms in total. The van der Waals surface area contributed by atoms with Gasteiger partial charge in [-0.1, -0.05) is 0 Å². The molecule has 0 N–H and O–H groups in total. The van der Waals surface area contributed by atoms with Crippen molar-refractivity contribution in [3.63, 3.8) is 0 Å². The van der Waals surface area contributed by atoms with Crippen molar-refractivity contribution >= 4 is 22.9 Å². The third-order valence-electron chi connectivity index (χ3n) is 6.29. The number of piperazine rings is 1. The molecule has 2 aromatic heterocycles. The number of ether oxygens (including phenoxy) is 1. The lowest BCUT2D eigenvalue weighted by Gasteiger charge is -2.36. The van der Waals surface area contributed by atoms with Crippen LogP contribution in [0, 0.1) is 0 Å². The molecular weight excluding hydrogens is 444 g/mol. The molecule has 1 aromatic carbocycles. The van der Waals surface area contributed by atoms with Gasteiger partial charge in [-0.15, -0.1) is 11.3 Å². The lowest BCUT2D eigenvalue weighted by atomic mass is 10.1. The van der Waals surface area contributed by atoms with Crippen LogP contribution < -0.4 is 9.64 Å². The monoisotopic (exact) mass is 478 g/mol. The molecule has 1 aliphatic rings. The van der Waals surface area contributed by atoms with Gasteiger partial charge in [0.1, 0.15) is 5.75 Å². The van der Waals surface area contributed by atoms with Crippen LogP contribution in [0.1, 0.15) is 36.0 Å². The second-order valence-electron chi connectivity index (χ2n) is 8.43. The van der Waals surface area contributed by atoms with E-state index in [0.717, 1.165) is 62.7 Å². The summed E-state index contributed by atoms with van der Waals surface area (Å²) < 4.78 is 5.59. The molecule has 0 unspecified atom stereocenters. The van der Waals surface area contributed by atoms with E-state index in [1.165, 1.54) is 16.1 Å². The molecule has 34 heavy (non-hydrogen) atoms. The molecule has 1 saturated heterocycles. The van der Waals surface area contributed by atoms with Crippen LogP contribution in [0.25, 0.3) is 11.1 Å². The highest BCUT2D eigenvalue weighted by atomic mass is 32.1. The minimum atomic E-state index is 0.108. The maximum Gasteiger partial charge on any atom is 0.253 e. The summed E-state index contributed by atoms with van der Waals surface area (Å²) in [6.07, 6.45) is 3.66. The molecule has 7 heteroatoms. The van der Waals surface area contributed by atoms with E-state index in [-0.39, 0.29) is 5.91 Å². The highest BCUT2D eigenvalue weighted by Crippen LogP contribution is 2.29. The quantitative estimate of drug-likeness (QED) is 0.433. The van der Waals surface area contributed by atoms with Crippen molar-refractivity contribution in [1.82, 2.24) is 14.8 Å². The predicted octanol–water partition coefficient (Wildman–Crippen LogP) is 5.01. The molecule has 3 heterocycles. The summed E-state index contributed by atoms with van der Waals surface area (Å²) in [5.41, 5.74) is 4.26. The molecule has 1 fully saturated rings. The van der Waals surface area contributed by atoms with Crippen LogP contribution in [-0.2, 0) is 6.54 Å². The Kier molecular flexibility index (Phi) is 8.19. The molecule has 180 valence electrons. The van der Waals surface area contributed by atoms with E-state index in [4.69, 9.17) is 4.74 Å². The molecule has 0 aliphatic carbocycles. The first-order valence-electron chi connectivity index (χ1n) is 12.1. The third-order valence-corrected chi connectivity index (χ3v) is 7.21. The van der Waals surface area contributed by atoms with Gasteiger partial charge in [-0.25, -0.2) is 0 Å². The molecule has 0 spiro atoms. The van der Waals surface area contributed by atoms with Crippen LogP contribution in [-0.4, -0.2) is 66.6 Å². The molecule has 0 saturated carbocycles. The molecule has 0 bridgehead atoms. The highest BCUT2D eigenvalue weighted by molar-refractivity contribution is 7.10. The van der Waals surface area contributed by atoms with Crippen molar-refractivity contribution in [3.05, 3.63) is 64.6 Å². The Labute approximate surface area is 206 Å². The Hall–Kier alpha value is -2.90. The Balaban J connectivity index is 1.31. The third kappa shape index (κ3) is 5.77. The Bertz CT molecular complexity index is 1070. The average Bonchev–Trinajstić information content (AvgIpc) is 3.34. The van der Waals surface area contributed by atoms with E-state index in [1.54, 1.807) is 17.5 Å². The Morgan fingerprint density at radius 1 is 1.00 bits per heavy atom. The largest absolute Gasteiger partial charge is 0.492 e. The van der Waals surface area contributed by atoms with Crippen LogP contribution in [0.3, 0.4) is 0 Å². The van der Waals surface area contributed by atoms with Crippen LogP contribution >= 0.6 is 11.3 Å². The number of carbonyl (C=O) groups is 1. The fourth-order valence-corrected chi connectivity index (χ4v) is 5.26. The fourth-order valence-electron chi connectivity index (χ4n) is 4.33. The van der Waals surface area contributed by atoms with Gasteiger partial charge >= 0.3 is 0 Å². The van der Waals surface area contributed by atoms with Gasteiger partial charge in [0, 0.05) is 73.7 Å². The number of rotatable bonds is 9. The number of benzene rings is 1. The number of carbonyl (C=O) groups excluding carboxylic acids is 1. The van der Waals surface area contributed by atoms with E-state index in [9.17, 15) is 4.79 Å². The van der Waals surface area contributed by atoms with Gasteiger partial charge in [0.05, 0.1) is 12.8 Å². The van der Waals surface area contributed by atoms with Crippen molar-refractivity contribution in [1.29, 1.82) is 0 Å². The predicted molar refractivity (Wildman–Crippen MR) is 140 cm³/mol. The van der Waals surface area contributed by atoms with E-state index in [1.807, 2.05) is 44.0 Å². The van der Waals surface area contributed by atoms with Crippen molar-refractivity contribution < 1.29 is 9.53 Å². The lowest BCUT2D eigenvalue weighted by Crippen LogP contribution is -2.45. The number of hydrogen-bond acceptors (Lipinski definition) is 6. The molecule has 1 amide bonds. The second kappa shape index (κ2) is 11.5. The first-order valence-corrected chi connectivity index (χ1v) is 13.0. The normalized spacial score (nSPS) is 14.3. The van der Waals surface area contributed by atoms with E-state index >= 15 is 0 Å². The van der Waals surface area contributed by atoms with Gasteiger partial charge in [0.25, 0.3) is 5.91 Å². The number of thiophene rings is 1. The van der Waals surface area contributed by atoms with Crippen LogP contribution in [0.5, 0.6) is 5.75 Å². The lowest BCUT2D eigenvalue weighted by molar-refractivity contribution is 0.0773. The second-order valence-corrected chi connectivity index (χ2v) is 9.43. The number of nitrogens with zero attached hydrogens (tertiary/aromatic N) is 4. The zero-order valence-electron chi connectivity index (χ0n) is 20.4. The number of amides is 1. The summed E-state index contributed by atoms with van der Waals surface area (Å²) in [6.45, 7) is 13.1. The van der Waals surface area contributed by atoms with E-state index in [2.05, 4.69) is 44.4 Å². The molecule has 0 radical (unpaired) electrons. The number of pyridine rings is 1. The smallest absolute Gasteiger partial charge is 0.253 e. The fraction of sp³-hybridized carbons (Fsp3) is 0.407. The van der Waals surface area contributed by atoms with Crippen molar-refractivity contribution in [2.24, 2.45) is 0 Å². The van der Waals surface area contributed by atoms with E-state index in [0.29, 0.717) is 6.61 Å². The van der Waals surface area contributed by atoms with Gasteiger partial charge in [-0.2, -0.15) is 0 Å². The standard InChI is InChI=1S/C27H34N4O2S/c1-4-30(5-2)27(32)21-7-9-24(10-8-21)31-13-11-29(12-14-31)19-26-16-23(20-34-26)22-15-25(33-6-3)18-28-17-22/h7-10,15-18,20H,4-6,11-14,19H2,1-3H3. The van der Waals surface area contributed by atoms with Gasteiger partial charge < -0.3 is 14.5 Å². The molecule has 1 aliphatic heterocycles. The summed E-state index contributed by atoms with van der Waals surface area (Å²) in [7, 11) is 0. The number of anilines is 1. The molecule has 0 atom stereocenters. The summed E-state index contributed by atoms with van der Waals surface area (Å²) in [5.74, 6) is 0.923. The summed E-state index contributed by atoms with van der Waals surface area (Å²) >= 11 is 1.80. The average molecular weight is 479 g/mol. The zero-order valence-corrected chi connectivity index (χ0v) is 21.2. The van der Waals surface area contributed by atoms with Crippen LogP contribution in [0.4, 0.5) is 5.69 Å². The maximum atomic E-state index is 12.5. The van der Waals surface area contributed by atoms with Gasteiger partial charge in [0.2, 0.25) is 0 Å². The summed E-state index contributed by atoms with van der Waals surface area (Å²) in [4.78, 5) is 25.0. The van der Waals surface area contributed by atoms with Crippen molar-refractivity contribution in [2.45, 2.75) is 27.3 Å². The van der Waals surface area contributed by atoms with Gasteiger partial charge in [-0.3, -0.25) is 14.7 Å². The molecule has 4 rings (SSSR count). The van der Waals surface area contributed by atoms with Gasteiger partial charge in [0.15, 0.2) is 0 Å². The zero-order chi connectivity index (χ0) is 23.9. The van der Waals surface area contributed by atoms with E-state index < -0.39 is 0 Å². The Morgan fingerprint density at radius 2 is 1.74 bits per heavy atom. The van der Waals surface area contributed by atoms with Crippen LogP contribution in [0.15, 0.2) is 54.2 Å². The topological polar surface area (TPSA) is 48.9 Å². The SMILES string of the molecule is CCOc1cncc(-c2csc(CN3CCN(c4ccc(C(=O)N(CC)CC)cc4)CC3)c2)c1. The summed E-state index contributed by atoms with van der Waals surface area (Å²) in [5, 5.41) is 2.21. The number of aromatic nitrogens is 1. The first kappa shape index (κ1) is 24.2. The minimum absolute atomic E-state index is 0.108. The minimum Gasteiger partial charge on any atom is -0.492 e. The number of hydrogen-bond donors (Lipinski definition) is 0. The summed E-state index contributed by atoms with van der Waals surface area (Å²) in [6, 6.07) is 12.4. The van der Waals surface area contributed by atoms with Gasteiger partial charge in [-0.05, 0) is 68.1 Å². The van der Waals surface area contributed by atoms with Crippen molar-refractivity contribution in [2.75, 3.05) is 50.8 Å². The highest BCUT2D eigenvalue weighted by Gasteiger charge is 2.19. The first-order chi connectivity index (χ1) is 16.6. The van der Waals surface area contributed by atoms with Crippen molar-refractivity contribution in [3.8, 4) is 16.9 Å². The molecule has 3 aromatic rings. The molecular formula is C27H34N4O2S. The Morgan fingerprint density at radius 3 is 2.41 bits per heavy atom. The van der Waals surface area contributed by atoms with Crippen LogP contribution in [0.2, 0.25) is 0 Å².